The Labute approximate surface area is 123 Å². The molecule has 0 aliphatic heterocycles. The van der Waals surface area contributed by atoms with E-state index in [0.29, 0.717) is 25.4 Å². The van der Waals surface area contributed by atoms with Crippen LogP contribution in [0.2, 0.25) is 0 Å². The van der Waals surface area contributed by atoms with Gasteiger partial charge in [-0.3, -0.25) is 0 Å². The summed E-state index contributed by atoms with van der Waals surface area (Å²) in [5, 5.41) is 3.40. The molecular weight excluding hydrogens is 250 g/mol. The number of rotatable bonds is 10. The highest BCUT2D eigenvalue weighted by Crippen LogP contribution is 2.12. The highest BCUT2D eigenvalue weighted by atomic mass is 16.5. The van der Waals surface area contributed by atoms with Crippen molar-refractivity contribution in [1.29, 1.82) is 0 Å². The lowest BCUT2D eigenvalue weighted by Crippen LogP contribution is -2.21. The fourth-order valence-corrected chi connectivity index (χ4v) is 1.92. The molecule has 1 aromatic carbocycles. The van der Waals surface area contributed by atoms with Gasteiger partial charge in [-0.15, -0.1) is 0 Å². The Bertz CT molecular complexity index is 349. The maximum Gasteiger partial charge on any atom is 0.119 e. The molecule has 0 aliphatic rings. The summed E-state index contributed by atoms with van der Waals surface area (Å²) in [4.78, 5) is 0. The first kappa shape index (κ1) is 17.0. The van der Waals surface area contributed by atoms with E-state index in [9.17, 15) is 0 Å². The van der Waals surface area contributed by atoms with Gasteiger partial charge < -0.3 is 14.8 Å². The van der Waals surface area contributed by atoms with Crippen molar-refractivity contribution in [2.45, 2.75) is 59.2 Å². The highest BCUT2D eigenvalue weighted by Gasteiger charge is 2.01. The summed E-state index contributed by atoms with van der Waals surface area (Å²) in [5.41, 5.74) is 1.28. The van der Waals surface area contributed by atoms with Gasteiger partial charge in [0.25, 0.3) is 0 Å². The first-order chi connectivity index (χ1) is 9.61. The molecule has 0 heterocycles. The quantitative estimate of drug-likeness (QED) is 0.661. The molecule has 1 N–H and O–H groups in total. The summed E-state index contributed by atoms with van der Waals surface area (Å²) in [6.07, 6.45) is 2.60. The summed E-state index contributed by atoms with van der Waals surface area (Å²) in [7, 11) is 0. The van der Waals surface area contributed by atoms with Crippen LogP contribution in [0.3, 0.4) is 0 Å². The Hall–Kier alpha value is -1.06. The topological polar surface area (TPSA) is 30.5 Å². The van der Waals surface area contributed by atoms with E-state index in [4.69, 9.17) is 9.47 Å². The smallest absolute Gasteiger partial charge is 0.119 e. The summed E-state index contributed by atoms with van der Waals surface area (Å²) in [5.74, 6) is 0.907. The summed E-state index contributed by atoms with van der Waals surface area (Å²) < 4.78 is 11.3. The molecular formula is C17H29NO2. The Balaban J connectivity index is 2.21. The SMILES string of the molecule is CCCC(C)OCCOc1ccc(CNC(C)C)cc1. The fourth-order valence-electron chi connectivity index (χ4n) is 1.92. The predicted octanol–water partition coefficient (Wildman–Crippen LogP) is 3.77. The van der Waals surface area contributed by atoms with Gasteiger partial charge in [0.2, 0.25) is 0 Å². The lowest BCUT2D eigenvalue weighted by Gasteiger charge is -2.13. The van der Waals surface area contributed by atoms with Gasteiger partial charge in [0.05, 0.1) is 12.7 Å². The first-order valence-corrected chi connectivity index (χ1v) is 7.68. The molecule has 0 aliphatic carbocycles. The van der Waals surface area contributed by atoms with Gasteiger partial charge in [0.15, 0.2) is 0 Å². The minimum atomic E-state index is 0.327. The second-order valence-corrected chi connectivity index (χ2v) is 5.50. The minimum absolute atomic E-state index is 0.327. The van der Waals surface area contributed by atoms with Crippen molar-refractivity contribution >= 4 is 0 Å². The average molecular weight is 279 g/mol. The maximum absolute atomic E-state index is 5.67. The predicted molar refractivity (Wildman–Crippen MR) is 84.2 cm³/mol. The van der Waals surface area contributed by atoms with Crippen molar-refractivity contribution in [2.75, 3.05) is 13.2 Å². The van der Waals surface area contributed by atoms with Gasteiger partial charge in [-0.1, -0.05) is 39.3 Å². The summed E-state index contributed by atoms with van der Waals surface area (Å²) in [6, 6.07) is 8.75. The normalized spacial score (nSPS) is 12.7. The van der Waals surface area contributed by atoms with Crippen LogP contribution in [0, 0.1) is 0 Å². The van der Waals surface area contributed by atoms with Gasteiger partial charge in [-0.05, 0) is 31.0 Å². The third kappa shape index (κ3) is 7.51. The number of nitrogens with one attached hydrogen (secondary N) is 1. The monoisotopic (exact) mass is 279 g/mol. The van der Waals surface area contributed by atoms with E-state index in [1.54, 1.807) is 0 Å². The van der Waals surface area contributed by atoms with Crippen LogP contribution in [0.4, 0.5) is 0 Å². The Morgan fingerprint density at radius 3 is 2.35 bits per heavy atom. The Kier molecular flexibility index (Phi) is 8.31. The third-order valence-electron chi connectivity index (χ3n) is 3.09. The molecule has 0 aromatic heterocycles. The average Bonchev–Trinajstić information content (AvgIpc) is 2.43. The van der Waals surface area contributed by atoms with Crippen LogP contribution in [0.5, 0.6) is 5.75 Å². The van der Waals surface area contributed by atoms with Gasteiger partial charge in [0, 0.05) is 12.6 Å². The van der Waals surface area contributed by atoms with Crippen LogP contribution in [-0.4, -0.2) is 25.4 Å². The van der Waals surface area contributed by atoms with Crippen molar-refractivity contribution < 1.29 is 9.47 Å². The van der Waals surface area contributed by atoms with Crippen molar-refractivity contribution in [2.24, 2.45) is 0 Å². The molecule has 0 amide bonds. The second-order valence-electron chi connectivity index (χ2n) is 5.50. The zero-order valence-electron chi connectivity index (χ0n) is 13.3. The van der Waals surface area contributed by atoms with Gasteiger partial charge in [-0.2, -0.15) is 0 Å². The van der Waals surface area contributed by atoms with Crippen molar-refractivity contribution in [3.8, 4) is 5.75 Å². The molecule has 0 radical (unpaired) electrons. The van der Waals surface area contributed by atoms with E-state index < -0.39 is 0 Å². The largest absolute Gasteiger partial charge is 0.491 e. The van der Waals surface area contributed by atoms with Gasteiger partial charge >= 0.3 is 0 Å². The molecule has 3 nitrogen and oxygen atoms in total. The van der Waals surface area contributed by atoms with Crippen LogP contribution in [0.1, 0.15) is 46.1 Å². The third-order valence-corrected chi connectivity index (χ3v) is 3.09. The van der Waals surface area contributed by atoms with Crippen LogP contribution in [-0.2, 0) is 11.3 Å². The van der Waals surface area contributed by atoms with Gasteiger partial charge in [0.1, 0.15) is 12.4 Å². The zero-order valence-corrected chi connectivity index (χ0v) is 13.3. The molecule has 114 valence electrons. The molecule has 3 heteroatoms. The lowest BCUT2D eigenvalue weighted by atomic mass is 10.2. The first-order valence-electron chi connectivity index (χ1n) is 7.68. The number of hydrogen-bond donors (Lipinski definition) is 1. The maximum atomic E-state index is 5.67. The number of ether oxygens (including phenoxy) is 2. The molecule has 0 saturated heterocycles. The number of benzene rings is 1. The number of hydrogen-bond acceptors (Lipinski definition) is 3. The van der Waals surface area contributed by atoms with E-state index in [1.807, 2.05) is 12.1 Å². The highest BCUT2D eigenvalue weighted by molar-refractivity contribution is 5.27. The molecule has 1 atom stereocenters. The molecule has 1 aromatic rings. The lowest BCUT2D eigenvalue weighted by molar-refractivity contribution is 0.0395. The van der Waals surface area contributed by atoms with E-state index >= 15 is 0 Å². The van der Waals surface area contributed by atoms with Crippen LogP contribution in [0.25, 0.3) is 0 Å². The molecule has 1 rings (SSSR count). The summed E-state index contributed by atoms with van der Waals surface area (Å²) >= 11 is 0. The summed E-state index contributed by atoms with van der Waals surface area (Å²) in [6.45, 7) is 10.7. The van der Waals surface area contributed by atoms with Crippen molar-refractivity contribution in [1.82, 2.24) is 5.32 Å². The van der Waals surface area contributed by atoms with E-state index in [-0.39, 0.29) is 0 Å². The van der Waals surface area contributed by atoms with Crippen LogP contribution < -0.4 is 10.1 Å². The van der Waals surface area contributed by atoms with Crippen LogP contribution >= 0.6 is 0 Å². The Morgan fingerprint density at radius 1 is 1.05 bits per heavy atom. The van der Waals surface area contributed by atoms with Crippen molar-refractivity contribution in [3.05, 3.63) is 29.8 Å². The zero-order chi connectivity index (χ0) is 14.8. The second kappa shape index (κ2) is 9.78. The molecule has 20 heavy (non-hydrogen) atoms. The van der Waals surface area contributed by atoms with E-state index in [2.05, 4.69) is 45.1 Å². The van der Waals surface area contributed by atoms with E-state index in [0.717, 1.165) is 25.1 Å². The molecule has 0 fully saturated rings. The minimum Gasteiger partial charge on any atom is -0.491 e. The standard InChI is InChI=1S/C17H29NO2/c1-5-6-15(4)19-11-12-20-17-9-7-16(8-10-17)13-18-14(2)3/h7-10,14-15,18H,5-6,11-13H2,1-4H3. The molecule has 0 bridgehead atoms. The van der Waals surface area contributed by atoms with Crippen LogP contribution in [0.15, 0.2) is 24.3 Å². The van der Waals surface area contributed by atoms with Crippen molar-refractivity contribution in [3.63, 3.8) is 0 Å². The Morgan fingerprint density at radius 2 is 1.75 bits per heavy atom. The van der Waals surface area contributed by atoms with Gasteiger partial charge in [-0.25, -0.2) is 0 Å². The van der Waals surface area contributed by atoms with E-state index in [1.165, 1.54) is 5.56 Å². The fraction of sp³-hybridized carbons (Fsp3) is 0.647. The molecule has 1 unspecified atom stereocenters. The molecule has 0 saturated carbocycles. The molecule has 0 spiro atoms.